The van der Waals surface area contributed by atoms with Gasteiger partial charge in [0.05, 0.1) is 15.8 Å². The van der Waals surface area contributed by atoms with E-state index in [0.717, 1.165) is 23.6 Å². The average Bonchev–Trinajstić information content (AvgIpc) is 2.90. The van der Waals surface area contributed by atoms with Gasteiger partial charge in [-0.15, -0.1) is 0 Å². The zero-order valence-corrected chi connectivity index (χ0v) is 13.4. The number of hydrogen-bond acceptors (Lipinski definition) is 5. The lowest BCUT2D eigenvalue weighted by molar-refractivity contribution is -0.137. The van der Waals surface area contributed by atoms with Gasteiger partial charge in [0.1, 0.15) is 5.82 Å². The maximum absolute atomic E-state index is 14.8. The molecule has 1 aromatic carbocycles. The number of nitrogens with two attached hydrogens (primary N) is 1. The van der Waals surface area contributed by atoms with Crippen LogP contribution < -0.4 is 11.1 Å². The van der Waals surface area contributed by atoms with Crippen LogP contribution in [0.25, 0.3) is 21.3 Å². The van der Waals surface area contributed by atoms with Crippen molar-refractivity contribution in [3.05, 3.63) is 35.8 Å². The fourth-order valence-electron chi connectivity index (χ4n) is 2.24. The van der Waals surface area contributed by atoms with Crippen LogP contribution >= 0.6 is 11.3 Å². The lowest BCUT2D eigenvalue weighted by atomic mass is 10.0. The molecule has 3 aromatic rings. The fourth-order valence-corrected chi connectivity index (χ4v) is 3.19. The number of benzene rings is 1. The molecule has 0 saturated heterocycles. The van der Waals surface area contributed by atoms with E-state index in [9.17, 15) is 22.4 Å². The van der Waals surface area contributed by atoms with Gasteiger partial charge in [-0.25, -0.2) is 14.4 Å². The molecular weight excluding hydrogens is 360 g/mol. The maximum atomic E-state index is 14.8. The van der Waals surface area contributed by atoms with Crippen molar-refractivity contribution in [3.8, 4) is 11.1 Å². The van der Waals surface area contributed by atoms with Gasteiger partial charge in [0.15, 0.2) is 10.9 Å². The number of anilines is 2. The molecule has 0 aliphatic rings. The van der Waals surface area contributed by atoms with E-state index in [-0.39, 0.29) is 32.4 Å². The van der Waals surface area contributed by atoms with Gasteiger partial charge in [0.2, 0.25) is 5.91 Å². The quantitative estimate of drug-likeness (QED) is 0.667. The summed E-state index contributed by atoms with van der Waals surface area (Å²) in [6, 6.07) is 3.52. The number of hydrogen-bond donors (Lipinski definition) is 2. The smallest absolute Gasteiger partial charge is 0.383 e. The molecule has 5 nitrogen and oxygen atoms in total. The van der Waals surface area contributed by atoms with Crippen LogP contribution in [-0.4, -0.2) is 15.9 Å². The average molecular weight is 370 g/mol. The number of pyridine rings is 1. The molecule has 1 amide bonds. The Morgan fingerprint density at radius 3 is 2.68 bits per heavy atom. The predicted octanol–water partition coefficient (Wildman–Crippen LogP) is 4.06. The number of nitrogen functional groups attached to an aromatic ring is 1. The molecular formula is C15H10F4N4OS. The van der Waals surface area contributed by atoms with E-state index < -0.39 is 23.4 Å². The molecule has 0 fully saturated rings. The Balaban J connectivity index is 2.13. The number of aromatic nitrogens is 2. The summed E-state index contributed by atoms with van der Waals surface area (Å²) in [5.41, 5.74) is 4.29. The second kappa shape index (κ2) is 5.96. The minimum Gasteiger partial charge on any atom is -0.383 e. The normalized spacial score (nSPS) is 11.7. The summed E-state index contributed by atoms with van der Waals surface area (Å²) < 4.78 is 53.8. The molecule has 130 valence electrons. The van der Waals surface area contributed by atoms with Gasteiger partial charge in [0.25, 0.3) is 0 Å². The first-order chi connectivity index (χ1) is 11.7. The maximum Gasteiger partial charge on any atom is 0.419 e. The molecule has 10 heteroatoms. The van der Waals surface area contributed by atoms with Crippen LogP contribution in [0, 0.1) is 5.82 Å². The number of fused-ring (bicyclic) bond motifs is 1. The highest BCUT2D eigenvalue weighted by atomic mass is 32.1. The Hall–Kier alpha value is -2.75. The van der Waals surface area contributed by atoms with Crippen LogP contribution in [0.5, 0.6) is 0 Å². The summed E-state index contributed by atoms with van der Waals surface area (Å²) >= 11 is 0.889. The first kappa shape index (κ1) is 17.1. The summed E-state index contributed by atoms with van der Waals surface area (Å²) in [7, 11) is 0. The lowest BCUT2D eigenvalue weighted by Crippen LogP contribution is -2.10. The zero-order valence-electron chi connectivity index (χ0n) is 12.6. The largest absolute Gasteiger partial charge is 0.419 e. The first-order valence-corrected chi connectivity index (χ1v) is 7.68. The highest BCUT2D eigenvalue weighted by Gasteiger charge is 2.34. The van der Waals surface area contributed by atoms with E-state index in [0.29, 0.717) is 0 Å². The molecule has 0 bridgehead atoms. The Kier molecular flexibility index (Phi) is 4.07. The van der Waals surface area contributed by atoms with Crippen molar-refractivity contribution in [3.63, 3.8) is 0 Å². The molecule has 0 unspecified atom stereocenters. The van der Waals surface area contributed by atoms with Gasteiger partial charge >= 0.3 is 6.18 Å². The van der Waals surface area contributed by atoms with Gasteiger partial charge in [-0.1, -0.05) is 11.3 Å². The van der Waals surface area contributed by atoms with Crippen molar-refractivity contribution in [2.75, 3.05) is 11.1 Å². The van der Waals surface area contributed by atoms with Crippen LogP contribution in [-0.2, 0) is 11.0 Å². The number of halogens is 4. The number of carbonyl (C=O) groups excluding carboxylic acids is 1. The molecule has 0 radical (unpaired) electrons. The predicted molar refractivity (Wildman–Crippen MR) is 86.5 cm³/mol. The standard InChI is InChI=1S/C15H10F4N4OS/c1-6(24)22-14-23-10-3-2-8(11(16)12(10)25-14)7-4-9(15(17,18)19)13(20)21-5-7/h2-5H,1H3,(H2,20,21)(H,22,23,24). The molecule has 0 atom stereocenters. The molecule has 2 heterocycles. The molecule has 25 heavy (non-hydrogen) atoms. The van der Waals surface area contributed by atoms with Crippen LogP contribution in [0.15, 0.2) is 24.4 Å². The van der Waals surface area contributed by atoms with Crippen LogP contribution in [0.4, 0.5) is 28.5 Å². The highest BCUT2D eigenvalue weighted by molar-refractivity contribution is 7.22. The van der Waals surface area contributed by atoms with Gasteiger partial charge < -0.3 is 11.1 Å². The van der Waals surface area contributed by atoms with Crippen LogP contribution in [0.2, 0.25) is 0 Å². The third kappa shape index (κ3) is 3.25. The first-order valence-electron chi connectivity index (χ1n) is 6.86. The summed E-state index contributed by atoms with van der Waals surface area (Å²) in [5, 5.41) is 2.64. The lowest BCUT2D eigenvalue weighted by Gasteiger charge is -2.11. The van der Waals surface area contributed by atoms with Crippen molar-refractivity contribution in [1.29, 1.82) is 0 Å². The highest BCUT2D eigenvalue weighted by Crippen LogP contribution is 2.38. The van der Waals surface area contributed by atoms with Crippen molar-refractivity contribution in [2.45, 2.75) is 13.1 Å². The Labute approximate surface area is 142 Å². The van der Waals surface area contributed by atoms with Crippen molar-refractivity contribution >= 4 is 38.4 Å². The van der Waals surface area contributed by atoms with E-state index in [1.807, 2.05) is 0 Å². The van der Waals surface area contributed by atoms with Gasteiger partial charge in [-0.2, -0.15) is 13.2 Å². The number of alkyl halides is 3. The summed E-state index contributed by atoms with van der Waals surface area (Å²) in [6.45, 7) is 1.28. The minimum atomic E-state index is -4.70. The Morgan fingerprint density at radius 1 is 1.32 bits per heavy atom. The fraction of sp³-hybridized carbons (Fsp3) is 0.133. The second-order valence-corrected chi connectivity index (χ2v) is 6.13. The SMILES string of the molecule is CC(=O)Nc1nc2ccc(-c3cnc(N)c(C(F)(F)F)c3)c(F)c2s1. The molecule has 0 aliphatic heterocycles. The van der Waals surface area contributed by atoms with Gasteiger partial charge in [0, 0.05) is 24.2 Å². The Bertz CT molecular complexity index is 984. The van der Waals surface area contributed by atoms with Crippen molar-refractivity contribution in [2.24, 2.45) is 0 Å². The monoisotopic (exact) mass is 370 g/mol. The number of thiazole rings is 1. The zero-order chi connectivity index (χ0) is 18.4. The number of carbonyl (C=O) groups is 1. The van der Waals surface area contributed by atoms with E-state index >= 15 is 0 Å². The number of rotatable bonds is 2. The third-order valence-electron chi connectivity index (χ3n) is 3.31. The number of amides is 1. The molecule has 2 aromatic heterocycles. The van der Waals surface area contributed by atoms with Crippen molar-refractivity contribution in [1.82, 2.24) is 9.97 Å². The van der Waals surface area contributed by atoms with E-state index in [1.54, 1.807) is 0 Å². The number of nitrogens with zero attached hydrogens (tertiary/aromatic N) is 2. The van der Waals surface area contributed by atoms with E-state index in [1.165, 1.54) is 19.1 Å². The second-order valence-electron chi connectivity index (χ2n) is 5.13. The molecule has 0 saturated carbocycles. The summed E-state index contributed by atoms with van der Waals surface area (Å²) in [4.78, 5) is 18.6. The van der Waals surface area contributed by atoms with Gasteiger partial charge in [-0.3, -0.25) is 4.79 Å². The molecule has 0 aliphatic carbocycles. The third-order valence-corrected chi connectivity index (χ3v) is 4.29. The van der Waals surface area contributed by atoms with E-state index in [2.05, 4.69) is 15.3 Å². The molecule has 3 N–H and O–H groups in total. The summed E-state index contributed by atoms with van der Waals surface area (Å²) in [5.74, 6) is -1.79. The van der Waals surface area contributed by atoms with Crippen LogP contribution in [0.1, 0.15) is 12.5 Å². The van der Waals surface area contributed by atoms with Crippen molar-refractivity contribution < 1.29 is 22.4 Å². The topological polar surface area (TPSA) is 80.9 Å². The molecule has 3 rings (SSSR count). The minimum absolute atomic E-state index is 0.0598. The van der Waals surface area contributed by atoms with Gasteiger partial charge in [-0.05, 0) is 18.2 Å². The molecule has 0 spiro atoms. The number of nitrogens with one attached hydrogen (secondary N) is 1. The van der Waals surface area contributed by atoms with Crippen LogP contribution in [0.3, 0.4) is 0 Å². The summed E-state index contributed by atoms with van der Waals surface area (Å²) in [6.07, 6.45) is -3.62. The Morgan fingerprint density at radius 2 is 2.04 bits per heavy atom. The van der Waals surface area contributed by atoms with E-state index in [4.69, 9.17) is 5.73 Å².